The third-order valence-corrected chi connectivity index (χ3v) is 7.29. The number of benzene rings is 2. The molecule has 2 aliphatic rings. The number of rotatable bonds is 8. The second-order valence-corrected chi connectivity index (χ2v) is 9.43. The Balaban J connectivity index is 0.00000304. The largest absolute Gasteiger partial charge is 0.497 e. The Kier molecular flexibility index (Phi) is 8.20. The summed E-state index contributed by atoms with van der Waals surface area (Å²) in [6, 6.07) is 12.2. The van der Waals surface area contributed by atoms with Crippen molar-refractivity contribution in [3.05, 3.63) is 53.6 Å². The maximum atomic E-state index is 13.5. The Hall–Kier alpha value is -3.05. The number of morpholine rings is 1. The monoisotopic (exact) mass is 530 g/mol. The minimum atomic E-state index is -0.443. The van der Waals surface area contributed by atoms with Crippen molar-refractivity contribution < 1.29 is 23.9 Å². The molecule has 1 saturated heterocycles. The fourth-order valence-electron chi connectivity index (χ4n) is 4.34. The second kappa shape index (κ2) is 11.3. The molecule has 11 heteroatoms. The van der Waals surface area contributed by atoms with E-state index in [2.05, 4.69) is 9.88 Å². The number of imide groups is 1. The van der Waals surface area contributed by atoms with Gasteiger partial charge in [0.15, 0.2) is 5.13 Å². The van der Waals surface area contributed by atoms with Gasteiger partial charge in [-0.1, -0.05) is 23.5 Å². The highest BCUT2D eigenvalue weighted by atomic mass is 35.5. The molecule has 0 saturated carbocycles. The molecule has 3 heterocycles. The number of anilines is 1. The standard InChI is InChI=1S/C25H26N4O5S.ClH/c1-33-17-7-8-20-21(15-17)35-25(26-20)28(10-4-9-27-11-13-34-14-12-27)22(30)16-29-23(31)18-5-2-3-6-19(18)24(29)32;/h2-3,5-8,15H,4,9-14,16H2,1H3;1H. The van der Waals surface area contributed by atoms with Crippen LogP contribution in [-0.2, 0) is 9.53 Å². The van der Waals surface area contributed by atoms with Gasteiger partial charge in [-0.3, -0.25) is 29.1 Å². The van der Waals surface area contributed by atoms with Gasteiger partial charge in [-0.05, 0) is 36.8 Å². The molecular weight excluding hydrogens is 504 g/mol. The zero-order chi connectivity index (χ0) is 24.4. The van der Waals surface area contributed by atoms with Gasteiger partial charge in [0.05, 0.1) is 41.7 Å². The number of fused-ring (bicyclic) bond motifs is 2. The topological polar surface area (TPSA) is 92.3 Å². The zero-order valence-electron chi connectivity index (χ0n) is 19.8. The molecule has 1 fully saturated rings. The van der Waals surface area contributed by atoms with E-state index < -0.39 is 11.8 Å². The van der Waals surface area contributed by atoms with Crippen LogP contribution >= 0.6 is 23.7 Å². The summed E-state index contributed by atoms with van der Waals surface area (Å²) in [5, 5.41) is 0.539. The van der Waals surface area contributed by atoms with Gasteiger partial charge >= 0.3 is 0 Å². The predicted molar refractivity (Wildman–Crippen MR) is 139 cm³/mol. The van der Waals surface area contributed by atoms with Gasteiger partial charge in [0.2, 0.25) is 5.91 Å². The predicted octanol–water partition coefficient (Wildman–Crippen LogP) is 3.08. The van der Waals surface area contributed by atoms with Crippen LogP contribution in [0.4, 0.5) is 5.13 Å². The van der Waals surface area contributed by atoms with Gasteiger partial charge in [0.1, 0.15) is 12.3 Å². The van der Waals surface area contributed by atoms with Crippen molar-refractivity contribution in [2.75, 3.05) is 57.9 Å². The Labute approximate surface area is 219 Å². The number of amides is 3. The van der Waals surface area contributed by atoms with Gasteiger partial charge in [-0.25, -0.2) is 4.98 Å². The third kappa shape index (κ3) is 5.22. The molecule has 190 valence electrons. The van der Waals surface area contributed by atoms with E-state index >= 15 is 0 Å². The number of ether oxygens (including phenoxy) is 2. The lowest BCUT2D eigenvalue weighted by molar-refractivity contribution is -0.119. The molecule has 5 rings (SSSR count). The SMILES string of the molecule is COc1ccc2nc(N(CCCN3CCOCC3)C(=O)CN3C(=O)c4ccccc4C3=O)sc2c1.Cl. The van der Waals surface area contributed by atoms with Crippen molar-refractivity contribution in [3.63, 3.8) is 0 Å². The molecule has 0 N–H and O–H groups in total. The molecular formula is C25H27ClN4O5S. The van der Waals surface area contributed by atoms with E-state index in [-0.39, 0.29) is 24.9 Å². The maximum Gasteiger partial charge on any atom is 0.262 e. The summed E-state index contributed by atoms with van der Waals surface area (Å²) in [5.41, 5.74) is 1.42. The molecule has 0 radical (unpaired) electrons. The van der Waals surface area contributed by atoms with E-state index in [1.54, 1.807) is 36.3 Å². The first-order chi connectivity index (χ1) is 17.0. The van der Waals surface area contributed by atoms with Crippen LogP contribution in [0.15, 0.2) is 42.5 Å². The Bertz CT molecular complexity index is 1240. The average Bonchev–Trinajstić information content (AvgIpc) is 3.41. The summed E-state index contributed by atoms with van der Waals surface area (Å²) in [5.74, 6) is -0.515. The van der Waals surface area contributed by atoms with Crippen LogP contribution in [0.3, 0.4) is 0 Å². The van der Waals surface area contributed by atoms with E-state index in [1.165, 1.54) is 11.3 Å². The molecule has 0 atom stereocenters. The van der Waals surface area contributed by atoms with Crippen molar-refractivity contribution in [2.45, 2.75) is 6.42 Å². The molecule has 0 spiro atoms. The highest BCUT2D eigenvalue weighted by molar-refractivity contribution is 7.22. The molecule has 0 aliphatic carbocycles. The molecule has 3 amide bonds. The van der Waals surface area contributed by atoms with E-state index in [4.69, 9.17) is 9.47 Å². The highest BCUT2D eigenvalue weighted by Gasteiger charge is 2.37. The summed E-state index contributed by atoms with van der Waals surface area (Å²) in [4.78, 5) is 48.8. The van der Waals surface area contributed by atoms with Crippen LogP contribution in [0.25, 0.3) is 10.2 Å². The molecule has 2 aliphatic heterocycles. The number of hydrogen-bond acceptors (Lipinski definition) is 8. The fourth-order valence-corrected chi connectivity index (χ4v) is 5.38. The highest BCUT2D eigenvalue weighted by Crippen LogP contribution is 2.32. The fraction of sp³-hybridized carbons (Fsp3) is 0.360. The zero-order valence-corrected chi connectivity index (χ0v) is 21.5. The quantitative estimate of drug-likeness (QED) is 0.413. The minimum absolute atomic E-state index is 0. The summed E-state index contributed by atoms with van der Waals surface area (Å²) in [6.45, 7) is 4.07. The van der Waals surface area contributed by atoms with Gasteiger partial charge in [0, 0.05) is 26.2 Å². The number of carbonyl (C=O) groups is 3. The lowest BCUT2D eigenvalue weighted by atomic mass is 10.1. The van der Waals surface area contributed by atoms with Crippen LogP contribution < -0.4 is 9.64 Å². The second-order valence-electron chi connectivity index (χ2n) is 8.43. The third-order valence-electron chi connectivity index (χ3n) is 6.25. The summed E-state index contributed by atoms with van der Waals surface area (Å²) in [7, 11) is 1.60. The number of hydrogen-bond donors (Lipinski definition) is 0. The maximum absolute atomic E-state index is 13.5. The van der Waals surface area contributed by atoms with Crippen molar-refractivity contribution >= 4 is 56.8 Å². The number of nitrogens with zero attached hydrogens (tertiary/aromatic N) is 4. The molecule has 1 aromatic heterocycles. The van der Waals surface area contributed by atoms with Crippen molar-refractivity contribution in [3.8, 4) is 5.75 Å². The molecule has 0 bridgehead atoms. The number of halogens is 1. The smallest absolute Gasteiger partial charge is 0.262 e. The number of thiazole rings is 1. The number of carbonyl (C=O) groups excluding carboxylic acids is 3. The number of methoxy groups -OCH3 is 1. The Morgan fingerprint density at radius 1 is 1.11 bits per heavy atom. The van der Waals surface area contributed by atoms with Crippen LogP contribution in [0.2, 0.25) is 0 Å². The molecule has 2 aromatic carbocycles. The van der Waals surface area contributed by atoms with Crippen LogP contribution in [0.1, 0.15) is 27.1 Å². The Morgan fingerprint density at radius 3 is 2.47 bits per heavy atom. The van der Waals surface area contributed by atoms with Crippen molar-refractivity contribution in [1.82, 2.24) is 14.8 Å². The minimum Gasteiger partial charge on any atom is -0.497 e. The van der Waals surface area contributed by atoms with E-state index in [1.807, 2.05) is 18.2 Å². The lowest BCUT2D eigenvalue weighted by Crippen LogP contribution is -2.44. The van der Waals surface area contributed by atoms with Gasteiger partial charge in [-0.15, -0.1) is 12.4 Å². The lowest BCUT2D eigenvalue weighted by Gasteiger charge is -2.28. The van der Waals surface area contributed by atoms with Crippen LogP contribution in [0, 0.1) is 0 Å². The van der Waals surface area contributed by atoms with E-state index in [0.717, 1.165) is 41.2 Å². The van der Waals surface area contributed by atoms with E-state index in [0.29, 0.717) is 41.8 Å². The van der Waals surface area contributed by atoms with Crippen LogP contribution in [0.5, 0.6) is 5.75 Å². The number of aromatic nitrogens is 1. The summed E-state index contributed by atoms with van der Waals surface area (Å²) >= 11 is 1.39. The Morgan fingerprint density at radius 2 is 1.81 bits per heavy atom. The molecule has 3 aromatic rings. The first-order valence-corrected chi connectivity index (χ1v) is 12.4. The summed E-state index contributed by atoms with van der Waals surface area (Å²) in [6.07, 6.45) is 0.729. The normalized spacial score (nSPS) is 15.6. The van der Waals surface area contributed by atoms with Gasteiger partial charge in [0.25, 0.3) is 11.8 Å². The molecule has 9 nitrogen and oxygen atoms in total. The first kappa shape index (κ1) is 26.0. The van der Waals surface area contributed by atoms with E-state index in [9.17, 15) is 14.4 Å². The van der Waals surface area contributed by atoms with Crippen LogP contribution in [-0.4, -0.2) is 85.6 Å². The average molecular weight is 531 g/mol. The van der Waals surface area contributed by atoms with Gasteiger partial charge < -0.3 is 9.47 Å². The summed E-state index contributed by atoms with van der Waals surface area (Å²) < 4.78 is 11.6. The molecule has 0 unspecified atom stereocenters. The van der Waals surface area contributed by atoms with Crippen molar-refractivity contribution in [2.24, 2.45) is 0 Å². The first-order valence-electron chi connectivity index (χ1n) is 11.6. The van der Waals surface area contributed by atoms with Gasteiger partial charge in [-0.2, -0.15) is 0 Å². The molecule has 36 heavy (non-hydrogen) atoms. The van der Waals surface area contributed by atoms with Crippen molar-refractivity contribution in [1.29, 1.82) is 0 Å².